The van der Waals surface area contributed by atoms with E-state index in [1.165, 1.54) is 61.9 Å². The van der Waals surface area contributed by atoms with Crippen LogP contribution in [0.15, 0.2) is 30.0 Å². The van der Waals surface area contributed by atoms with Crippen molar-refractivity contribution in [2.45, 2.75) is 44.9 Å². The van der Waals surface area contributed by atoms with Gasteiger partial charge in [0.2, 0.25) is 0 Å². The normalized spacial score (nSPS) is 21.1. The summed E-state index contributed by atoms with van der Waals surface area (Å²) in [7, 11) is 0. The molecule has 1 radical (unpaired) electrons. The van der Waals surface area contributed by atoms with Crippen LogP contribution in [-0.4, -0.2) is 0 Å². The van der Waals surface area contributed by atoms with Gasteiger partial charge in [0, 0.05) is 17.2 Å². The van der Waals surface area contributed by atoms with Gasteiger partial charge in [-0.1, -0.05) is 50.3 Å². The SMILES string of the molecule is C1=C(C2CCCCCCC2)[N]c2ccccc21. The number of rotatable bonds is 1. The third-order valence-electron chi connectivity index (χ3n) is 4.01. The van der Waals surface area contributed by atoms with E-state index in [0.717, 1.165) is 0 Å². The molecule has 1 heterocycles. The predicted molar refractivity (Wildman–Crippen MR) is 72.0 cm³/mol. The van der Waals surface area contributed by atoms with Crippen molar-refractivity contribution in [3.63, 3.8) is 0 Å². The van der Waals surface area contributed by atoms with Gasteiger partial charge in [-0.15, -0.1) is 0 Å². The Labute approximate surface area is 104 Å². The van der Waals surface area contributed by atoms with Crippen LogP contribution in [0.1, 0.15) is 50.5 Å². The number of allylic oxidation sites excluding steroid dienone is 1. The standard InChI is InChI=1S/C16H20N/c1-2-4-8-13(9-5-3-1)16-12-14-10-6-7-11-15(14)17-16/h6-7,10-13H,1-5,8-9H2. The van der Waals surface area contributed by atoms with Gasteiger partial charge in [-0.2, -0.15) is 0 Å². The van der Waals surface area contributed by atoms with E-state index < -0.39 is 0 Å². The smallest absolute Gasteiger partial charge is 0.0706 e. The average Bonchev–Trinajstić information content (AvgIpc) is 2.71. The summed E-state index contributed by atoms with van der Waals surface area (Å²) in [5.41, 5.74) is 3.82. The molecule has 3 rings (SSSR count). The highest BCUT2D eigenvalue weighted by Crippen LogP contribution is 2.35. The molecule has 1 heteroatoms. The van der Waals surface area contributed by atoms with E-state index in [2.05, 4.69) is 30.3 Å². The molecule has 1 aliphatic carbocycles. The van der Waals surface area contributed by atoms with E-state index in [4.69, 9.17) is 5.32 Å². The van der Waals surface area contributed by atoms with E-state index in [-0.39, 0.29) is 0 Å². The first-order valence-corrected chi connectivity index (χ1v) is 6.96. The molecule has 0 aromatic heterocycles. The summed E-state index contributed by atoms with van der Waals surface area (Å²) < 4.78 is 0. The summed E-state index contributed by atoms with van der Waals surface area (Å²) in [4.78, 5) is 0. The Morgan fingerprint density at radius 3 is 2.35 bits per heavy atom. The molecule has 89 valence electrons. The number of para-hydroxylation sites is 1. The fourth-order valence-electron chi connectivity index (χ4n) is 3.00. The van der Waals surface area contributed by atoms with E-state index in [9.17, 15) is 0 Å². The van der Waals surface area contributed by atoms with Gasteiger partial charge in [0.1, 0.15) is 0 Å². The van der Waals surface area contributed by atoms with Crippen molar-refractivity contribution in [2.75, 3.05) is 0 Å². The molecule has 0 unspecified atom stereocenters. The van der Waals surface area contributed by atoms with Crippen molar-refractivity contribution in [3.8, 4) is 0 Å². The lowest BCUT2D eigenvalue weighted by atomic mass is 9.89. The molecular formula is C16H20N. The molecule has 1 saturated carbocycles. The van der Waals surface area contributed by atoms with Crippen molar-refractivity contribution < 1.29 is 0 Å². The molecule has 0 atom stereocenters. The lowest BCUT2D eigenvalue weighted by Gasteiger charge is -2.20. The van der Waals surface area contributed by atoms with Crippen LogP contribution in [0.2, 0.25) is 0 Å². The highest BCUT2D eigenvalue weighted by atomic mass is 14.9. The topological polar surface area (TPSA) is 14.1 Å². The quantitative estimate of drug-likeness (QED) is 0.662. The first-order chi connectivity index (χ1) is 8.43. The van der Waals surface area contributed by atoms with Gasteiger partial charge in [0.15, 0.2) is 0 Å². The van der Waals surface area contributed by atoms with Gasteiger partial charge >= 0.3 is 0 Å². The largest absolute Gasteiger partial charge is 0.253 e. The molecule has 0 N–H and O–H groups in total. The summed E-state index contributed by atoms with van der Waals surface area (Å²) in [5, 5.41) is 4.81. The van der Waals surface area contributed by atoms with Crippen molar-refractivity contribution in [2.24, 2.45) is 5.92 Å². The monoisotopic (exact) mass is 226 g/mol. The number of fused-ring (bicyclic) bond motifs is 1. The van der Waals surface area contributed by atoms with Crippen molar-refractivity contribution in [3.05, 3.63) is 35.5 Å². The Kier molecular flexibility index (Phi) is 3.17. The maximum Gasteiger partial charge on any atom is 0.0706 e. The highest BCUT2D eigenvalue weighted by molar-refractivity contribution is 5.71. The van der Waals surface area contributed by atoms with E-state index >= 15 is 0 Å². The Bertz CT molecular complexity index is 411. The minimum atomic E-state index is 0.711. The van der Waals surface area contributed by atoms with Crippen LogP contribution < -0.4 is 5.32 Å². The van der Waals surface area contributed by atoms with Crippen molar-refractivity contribution in [1.29, 1.82) is 0 Å². The Morgan fingerprint density at radius 1 is 0.882 bits per heavy atom. The van der Waals surface area contributed by atoms with Gasteiger partial charge in [-0.05, 0) is 25.0 Å². The molecule has 1 fully saturated rings. The lowest BCUT2D eigenvalue weighted by molar-refractivity contribution is 0.413. The first-order valence-electron chi connectivity index (χ1n) is 6.96. The Hall–Kier alpha value is -1.24. The molecule has 0 spiro atoms. The predicted octanol–water partition coefficient (Wildman–Crippen LogP) is 4.64. The molecule has 17 heavy (non-hydrogen) atoms. The zero-order valence-corrected chi connectivity index (χ0v) is 10.4. The summed E-state index contributed by atoms with van der Waals surface area (Å²) in [6.45, 7) is 0. The van der Waals surface area contributed by atoms with Crippen LogP contribution in [-0.2, 0) is 0 Å². The van der Waals surface area contributed by atoms with Crippen LogP contribution in [0.5, 0.6) is 0 Å². The molecule has 0 amide bonds. The van der Waals surface area contributed by atoms with E-state index in [1.54, 1.807) is 0 Å². The van der Waals surface area contributed by atoms with Gasteiger partial charge in [0.05, 0.1) is 5.69 Å². The number of nitrogens with zero attached hydrogens (tertiary/aromatic N) is 1. The lowest BCUT2D eigenvalue weighted by Crippen LogP contribution is -2.10. The number of hydrogen-bond donors (Lipinski definition) is 0. The highest BCUT2D eigenvalue weighted by Gasteiger charge is 2.21. The van der Waals surface area contributed by atoms with Crippen LogP contribution in [0.25, 0.3) is 6.08 Å². The maximum absolute atomic E-state index is 4.81. The number of benzene rings is 1. The Balaban J connectivity index is 1.73. The minimum absolute atomic E-state index is 0.711. The van der Waals surface area contributed by atoms with Crippen molar-refractivity contribution >= 4 is 11.8 Å². The molecule has 2 aliphatic rings. The second-order valence-corrected chi connectivity index (χ2v) is 5.28. The van der Waals surface area contributed by atoms with Crippen molar-refractivity contribution in [1.82, 2.24) is 5.32 Å². The van der Waals surface area contributed by atoms with Gasteiger partial charge in [0.25, 0.3) is 0 Å². The van der Waals surface area contributed by atoms with E-state index in [1.807, 2.05) is 0 Å². The van der Waals surface area contributed by atoms with Gasteiger partial charge in [-0.25, -0.2) is 0 Å². The molecule has 1 aromatic rings. The molecular weight excluding hydrogens is 206 g/mol. The first kappa shape index (κ1) is 10.9. The van der Waals surface area contributed by atoms with Crippen LogP contribution in [0.3, 0.4) is 0 Å². The summed E-state index contributed by atoms with van der Waals surface area (Å²) in [6, 6.07) is 8.49. The molecule has 0 bridgehead atoms. The summed E-state index contributed by atoms with van der Waals surface area (Å²) in [6.07, 6.45) is 12.0. The second kappa shape index (κ2) is 4.95. The fourth-order valence-corrected chi connectivity index (χ4v) is 3.00. The zero-order valence-electron chi connectivity index (χ0n) is 10.4. The van der Waals surface area contributed by atoms with Crippen LogP contribution in [0, 0.1) is 5.92 Å². The van der Waals surface area contributed by atoms with Crippen LogP contribution in [0.4, 0.5) is 5.69 Å². The Morgan fingerprint density at radius 2 is 1.59 bits per heavy atom. The fraction of sp³-hybridized carbons (Fsp3) is 0.500. The third-order valence-corrected chi connectivity index (χ3v) is 4.01. The minimum Gasteiger partial charge on any atom is -0.253 e. The molecule has 1 nitrogen and oxygen atoms in total. The number of hydrogen-bond acceptors (Lipinski definition) is 0. The maximum atomic E-state index is 4.81. The summed E-state index contributed by atoms with van der Waals surface area (Å²) in [5.74, 6) is 0.711. The average molecular weight is 226 g/mol. The van der Waals surface area contributed by atoms with Gasteiger partial charge in [-0.3, -0.25) is 5.32 Å². The molecule has 0 saturated heterocycles. The molecule has 1 aromatic carbocycles. The summed E-state index contributed by atoms with van der Waals surface area (Å²) >= 11 is 0. The van der Waals surface area contributed by atoms with E-state index in [0.29, 0.717) is 5.92 Å². The van der Waals surface area contributed by atoms with Crippen LogP contribution >= 0.6 is 0 Å². The third kappa shape index (κ3) is 2.38. The molecule has 1 aliphatic heterocycles. The van der Waals surface area contributed by atoms with Gasteiger partial charge < -0.3 is 0 Å². The second-order valence-electron chi connectivity index (χ2n) is 5.28. The zero-order chi connectivity index (χ0) is 11.5.